The number of rotatable bonds is 6. The zero-order valence-electron chi connectivity index (χ0n) is 13.7. The van der Waals surface area contributed by atoms with E-state index in [1.165, 1.54) is 0 Å². The summed E-state index contributed by atoms with van der Waals surface area (Å²) in [5.74, 6) is 0.457. The number of hydrogen-bond acceptors (Lipinski definition) is 4. The summed E-state index contributed by atoms with van der Waals surface area (Å²) >= 11 is 0. The highest BCUT2D eigenvalue weighted by atomic mass is 16.5. The van der Waals surface area contributed by atoms with Gasteiger partial charge in [0.2, 0.25) is 0 Å². The standard InChI is InChI=1S/C19H20N2O3/c1-3-24-19(22)18(21-13-8-10-14(23-2)11-9-13)16-12-20-17-7-5-4-6-15(16)17/h4-12,18,20-21H,3H2,1-2H3/t18-/m1/s1. The molecule has 0 aliphatic rings. The number of aromatic amines is 1. The average Bonchev–Trinajstić information content (AvgIpc) is 3.04. The minimum atomic E-state index is -0.588. The molecule has 0 unspecified atom stereocenters. The van der Waals surface area contributed by atoms with Gasteiger partial charge >= 0.3 is 5.97 Å². The van der Waals surface area contributed by atoms with Gasteiger partial charge in [0.25, 0.3) is 0 Å². The van der Waals surface area contributed by atoms with Gasteiger partial charge in [-0.25, -0.2) is 4.79 Å². The summed E-state index contributed by atoms with van der Waals surface area (Å²) in [6.45, 7) is 2.14. The van der Waals surface area contributed by atoms with E-state index in [-0.39, 0.29) is 5.97 Å². The van der Waals surface area contributed by atoms with Gasteiger partial charge in [0.05, 0.1) is 13.7 Å². The Bertz CT molecular complexity index is 824. The van der Waals surface area contributed by atoms with Gasteiger partial charge in [-0.05, 0) is 37.3 Å². The van der Waals surface area contributed by atoms with E-state index in [0.29, 0.717) is 6.61 Å². The molecule has 0 bridgehead atoms. The van der Waals surface area contributed by atoms with Gasteiger partial charge in [-0.15, -0.1) is 0 Å². The van der Waals surface area contributed by atoms with E-state index in [1.54, 1.807) is 14.0 Å². The Balaban J connectivity index is 1.95. The fourth-order valence-corrected chi connectivity index (χ4v) is 2.68. The van der Waals surface area contributed by atoms with E-state index in [9.17, 15) is 4.79 Å². The number of carbonyl (C=O) groups is 1. The third-order valence-corrected chi connectivity index (χ3v) is 3.86. The van der Waals surface area contributed by atoms with E-state index in [4.69, 9.17) is 9.47 Å². The van der Waals surface area contributed by atoms with Crippen molar-refractivity contribution in [2.45, 2.75) is 13.0 Å². The summed E-state index contributed by atoms with van der Waals surface area (Å²) < 4.78 is 10.4. The Morgan fingerprint density at radius 1 is 1.17 bits per heavy atom. The van der Waals surface area contributed by atoms with Crippen molar-refractivity contribution < 1.29 is 14.3 Å². The summed E-state index contributed by atoms with van der Waals surface area (Å²) in [4.78, 5) is 15.7. The molecule has 1 aromatic heterocycles. The normalized spacial score (nSPS) is 11.9. The first-order valence-electron chi connectivity index (χ1n) is 7.86. The Morgan fingerprint density at radius 3 is 2.62 bits per heavy atom. The molecule has 1 heterocycles. The second kappa shape index (κ2) is 7.08. The number of fused-ring (bicyclic) bond motifs is 1. The van der Waals surface area contributed by atoms with Crippen molar-refractivity contribution in [1.29, 1.82) is 0 Å². The van der Waals surface area contributed by atoms with Crippen molar-refractivity contribution in [2.24, 2.45) is 0 Å². The fourth-order valence-electron chi connectivity index (χ4n) is 2.68. The third-order valence-electron chi connectivity index (χ3n) is 3.86. The molecule has 5 nitrogen and oxygen atoms in total. The first-order valence-corrected chi connectivity index (χ1v) is 7.86. The maximum absolute atomic E-state index is 12.5. The molecule has 0 fully saturated rings. The second-order valence-corrected chi connectivity index (χ2v) is 5.35. The number of H-pyrrole nitrogens is 1. The van der Waals surface area contributed by atoms with Gasteiger partial charge < -0.3 is 19.8 Å². The van der Waals surface area contributed by atoms with E-state index in [2.05, 4.69) is 10.3 Å². The Morgan fingerprint density at radius 2 is 1.92 bits per heavy atom. The quantitative estimate of drug-likeness (QED) is 0.675. The van der Waals surface area contributed by atoms with Crippen LogP contribution < -0.4 is 10.1 Å². The van der Waals surface area contributed by atoms with Crippen LogP contribution in [0.25, 0.3) is 10.9 Å². The predicted octanol–water partition coefficient (Wildman–Crippen LogP) is 3.89. The summed E-state index contributed by atoms with van der Waals surface area (Å²) in [6, 6.07) is 14.7. The Kier molecular flexibility index (Phi) is 4.70. The second-order valence-electron chi connectivity index (χ2n) is 5.35. The highest BCUT2D eigenvalue weighted by Gasteiger charge is 2.24. The van der Waals surface area contributed by atoms with Crippen molar-refractivity contribution in [3.63, 3.8) is 0 Å². The van der Waals surface area contributed by atoms with Crippen LogP contribution in [-0.2, 0) is 9.53 Å². The number of methoxy groups -OCH3 is 1. The molecule has 0 aliphatic heterocycles. The monoisotopic (exact) mass is 324 g/mol. The lowest BCUT2D eigenvalue weighted by atomic mass is 10.1. The Labute approximate surface area is 140 Å². The topological polar surface area (TPSA) is 63.4 Å². The van der Waals surface area contributed by atoms with Crippen LogP contribution in [0.15, 0.2) is 54.7 Å². The lowest BCUT2D eigenvalue weighted by Crippen LogP contribution is -2.23. The molecule has 5 heteroatoms. The minimum absolute atomic E-state index is 0.307. The van der Waals surface area contributed by atoms with E-state index in [1.807, 2.05) is 54.7 Å². The van der Waals surface area contributed by atoms with Crippen LogP contribution in [0.3, 0.4) is 0 Å². The first-order chi connectivity index (χ1) is 11.7. The van der Waals surface area contributed by atoms with Crippen molar-refractivity contribution >= 4 is 22.6 Å². The lowest BCUT2D eigenvalue weighted by Gasteiger charge is -2.18. The van der Waals surface area contributed by atoms with Crippen LogP contribution in [0.5, 0.6) is 5.75 Å². The van der Waals surface area contributed by atoms with Crippen LogP contribution in [0.4, 0.5) is 5.69 Å². The molecule has 2 aromatic carbocycles. The molecular formula is C19H20N2O3. The number of aromatic nitrogens is 1. The number of nitrogens with one attached hydrogen (secondary N) is 2. The molecule has 0 saturated heterocycles. The van der Waals surface area contributed by atoms with Gasteiger partial charge in [0.15, 0.2) is 6.04 Å². The van der Waals surface area contributed by atoms with Crippen LogP contribution >= 0.6 is 0 Å². The first kappa shape index (κ1) is 15.9. The number of carbonyl (C=O) groups excluding carboxylic acids is 1. The molecule has 0 spiro atoms. The largest absolute Gasteiger partial charge is 0.497 e. The predicted molar refractivity (Wildman–Crippen MR) is 94.3 cm³/mol. The lowest BCUT2D eigenvalue weighted by molar-refractivity contribution is -0.144. The van der Waals surface area contributed by atoms with Crippen molar-refractivity contribution in [2.75, 3.05) is 19.0 Å². The highest BCUT2D eigenvalue weighted by Crippen LogP contribution is 2.28. The molecule has 0 radical (unpaired) electrons. The van der Waals surface area contributed by atoms with E-state index >= 15 is 0 Å². The molecule has 3 rings (SSSR count). The summed E-state index contributed by atoms with van der Waals surface area (Å²) in [7, 11) is 1.62. The molecular weight excluding hydrogens is 304 g/mol. The minimum Gasteiger partial charge on any atom is -0.497 e. The summed E-state index contributed by atoms with van der Waals surface area (Å²) in [6.07, 6.45) is 1.85. The summed E-state index contributed by atoms with van der Waals surface area (Å²) in [5.41, 5.74) is 2.66. The van der Waals surface area contributed by atoms with Gasteiger partial charge in [-0.3, -0.25) is 0 Å². The van der Waals surface area contributed by atoms with Crippen LogP contribution in [0, 0.1) is 0 Å². The molecule has 0 amide bonds. The van der Waals surface area contributed by atoms with Crippen molar-refractivity contribution in [3.8, 4) is 5.75 Å². The maximum Gasteiger partial charge on any atom is 0.333 e. The number of anilines is 1. The van der Waals surface area contributed by atoms with Crippen LogP contribution in [0.1, 0.15) is 18.5 Å². The number of esters is 1. The Hall–Kier alpha value is -2.95. The number of hydrogen-bond donors (Lipinski definition) is 2. The number of ether oxygens (including phenoxy) is 2. The fraction of sp³-hybridized carbons (Fsp3) is 0.211. The third kappa shape index (κ3) is 3.20. The van der Waals surface area contributed by atoms with Gasteiger partial charge in [0, 0.05) is 28.4 Å². The maximum atomic E-state index is 12.5. The number of benzene rings is 2. The van der Waals surface area contributed by atoms with E-state index in [0.717, 1.165) is 27.9 Å². The van der Waals surface area contributed by atoms with E-state index < -0.39 is 6.04 Å². The average molecular weight is 324 g/mol. The van der Waals surface area contributed by atoms with Gasteiger partial charge in [-0.1, -0.05) is 18.2 Å². The van der Waals surface area contributed by atoms with Crippen molar-refractivity contribution in [3.05, 3.63) is 60.3 Å². The molecule has 2 N–H and O–H groups in total. The molecule has 0 aliphatic carbocycles. The highest BCUT2D eigenvalue weighted by molar-refractivity contribution is 5.91. The molecule has 1 atom stereocenters. The molecule has 24 heavy (non-hydrogen) atoms. The summed E-state index contributed by atoms with van der Waals surface area (Å²) in [5, 5.41) is 4.26. The molecule has 124 valence electrons. The smallest absolute Gasteiger partial charge is 0.333 e. The zero-order chi connectivity index (χ0) is 16.9. The van der Waals surface area contributed by atoms with Crippen LogP contribution in [-0.4, -0.2) is 24.7 Å². The zero-order valence-corrected chi connectivity index (χ0v) is 13.7. The van der Waals surface area contributed by atoms with Crippen LogP contribution in [0.2, 0.25) is 0 Å². The van der Waals surface area contributed by atoms with Crippen molar-refractivity contribution in [1.82, 2.24) is 4.98 Å². The van der Waals surface area contributed by atoms with Gasteiger partial charge in [0.1, 0.15) is 5.75 Å². The molecule has 3 aromatic rings. The number of para-hydroxylation sites is 1. The molecule has 0 saturated carbocycles. The SMILES string of the molecule is CCOC(=O)[C@H](Nc1ccc(OC)cc1)c1c[nH]c2ccccc12. The van der Waals surface area contributed by atoms with Gasteiger partial charge in [-0.2, -0.15) is 0 Å².